The van der Waals surface area contributed by atoms with E-state index in [1.54, 1.807) is 6.33 Å². The number of nitrogens with zero attached hydrogens (tertiary/aromatic N) is 4. The van der Waals surface area contributed by atoms with Gasteiger partial charge in [0.15, 0.2) is 11.2 Å². The van der Waals surface area contributed by atoms with Gasteiger partial charge in [0.05, 0.1) is 12.4 Å². The number of fused-ring (bicyclic) bond motifs is 1. The van der Waals surface area contributed by atoms with Crippen molar-refractivity contribution < 1.29 is 14.3 Å². The molecule has 1 amide bonds. The number of carbonyl (C=O) groups is 1. The third-order valence-corrected chi connectivity index (χ3v) is 6.67. The molecule has 1 fully saturated rings. The summed E-state index contributed by atoms with van der Waals surface area (Å²) in [4.78, 5) is 34.9. The lowest BCUT2D eigenvalue weighted by Gasteiger charge is -2.25. The van der Waals surface area contributed by atoms with E-state index in [9.17, 15) is 9.59 Å². The molecule has 0 saturated heterocycles. The number of allylic oxidation sites excluding steroid dienone is 1. The second-order valence-corrected chi connectivity index (χ2v) is 8.71. The Balaban J connectivity index is 1.73. The van der Waals surface area contributed by atoms with E-state index in [0.717, 1.165) is 24.0 Å². The van der Waals surface area contributed by atoms with E-state index in [0.29, 0.717) is 23.7 Å². The number of benzene rings is 1. The Labute approximate surface area is 183 Å². The monoisotopic (exact) mass is 435 g/mol. The summed E-state index contributed by atoms with van der Waals surface area (Å²) in [7, 11) is -0.131. The van der Waals surface area contributed by atoms with Gasteiger partial charge in [-0.25, -0.2) is 4.98 Å². The molecule has 2 aromatic heterocycles. The highest BCUT2D eigenvalue weighted by Crippen LogP contribution is 2.48. The first kappa shape index (κ1) is 21.2. The van der Waals surface area contributed by atoms with Crippen molar-refractivity contribution in [2.24, 2.45) is 5.92 Å². The maximum Gasteiger partial charge on any atom is 0.247 e. The fraction of sp³-hybridized carbons (Fsp3) is 0.364. The average Bonchev–Trinajstić information content (AvgIpc) is 3.32. The zero-order valence-electron chi connectivity index (χ0n) is 17.6. The molecule has 1 aromatic carbocycles. The lowest BCUT2D eigenvalue weighted by Crippen LogP contribution is -2.13. The molecule has 0 bridgehead atoms. The molecule has 2 heterocycles. The van der Waals surface area contributed by atoms with E-state index in [2.05, 4.69) is 33.8 Å². The summed E-state index contributed by atoms with van der Waals surface area (Å²) in [6.45, 7) is 8.16. The summed E-state index contributed by atoms with van der Waals surface area (Å²) in [5.41, 5.74) is 3.35. The maximum atomic E-state index is 11.6. The Morgan fingerprint density at radius 3 is 2.77 bits per heavy atom. The Kier molecular flexibility index (Phi) is 6.15. The van der Waals surface area contributed by atoms with Gasteiger partial charge in [0.1, 0.15) is 6.61 Å². The van der Waals surface area contributed by atoms with Crippen LogP contribution in [0.2, 0.25) is 5.54 Å². The molecule has 1 aliphatic rings. The molecule has 0 spiro atoms. The minimum absolute atomic E-state index is 0.0262. The van der Waals surface area contributed by atoms with Crippen LogP contribution in [0.15, 0.2) is 48.8 Å². The number of amides is 1. The number of rotatable bonds is 7. The van der Waals surface area contributed by atoms with Crippen molar-refractivity contribution in [1.29, 1.82) is 0 Å². The van der Waals surface area contributed by atoms with E-state index in [1.165, 1.54) is 6.92 Å². The largest absolute Gasteiger partial charge is 0.634 e. The molecule has 0 unspecified atom stereocenters. The topological polar surface area (TPSA) is 102 Å². The van der Waals surface area contributed by atoms with Crippen LogP contribution in [0.25, 0.3) is 11.2 Å². The number of ether oxygens (including phenoxy) is 1. The van der Waals surface area contributed by atoms with E-state index >= 15 is 0 Å². The molecular formula is C22H25N5O3Si-. The lowest BCUT2D eigenvalue weighted by atomic mass is 10.00. The second-order valence-electron chi connectivity index (χ2n) is 7.71. The van der Waals surface area contributed by atoms with Crippen molar-refractivity contribution in [3.8, 4) is 5.88 Å². The molecule has 1 aliphatic carbocycles. The van der Waals surface area contributed by atoms with Crippen LogP contribution >= 0.6 is 0 Å². The zero-order chi connectivity index (χ0) is 22.0. The molecule has 1 radical (unpaired) electrons. The predicted molar refractivity (Wildman–Crippen MR) is 119 cm³/mol. The van der Waals surface area contributed by atoms with Gasteiger partial charge in [-0.3, -0.25) is 19.9 Å². The van der Waals surface area contributed by atoms with E-state index < -0.39 is 0 Å². The SMILES string of the molecule is C=C1[C@H](CC)[C@@H]([Si-]O)C[C@@H]1n1cnc2c(OCc3ccccc3)nc(NC(C)=O)nc21. The number of hydrogen-bond donors (Lipinski definition) is 2. The maximum absolute atomic E-state index is 11.6. The summed E-state index contributed by atoms with van der Waals surface area (Å²) < 4.78 is 7.94. The van der Waals surface area contributed by atoms with Gasteiger partial charge in [0.25, 0.3) is 0 Å². The van der Waals surface area contributed by atoms with Crippen LogP contribution in [0.1, 0.15) is 38.3 Å². The van der Waals surface area contributed by atoms with E-state index in [-0.39, 0.29) is 39.1 Å². The highest BCUT2D eigenvalue weighted by molar-refractivity contribution is 6.28. The number of hydrogen-bond acceptors (Lipinski definition) is 6. The fourth-order valence-electron chi connectivity index (χ4n) is 4.20. The minimum Gasteiger partial charge on any atom is -0.634 e. The van der Waals surface area contributed by atoms with Crippen LogP contribution < -0.4 is 10.1 Å². The molecule has 3 aromatic rings. The normalized spacial score (nSPS) is 20.9. The standard InChI is InChI=1S/C22H25N5O3Si/c1-4-16-13(2)17(10-18(16)31-29)27-12-23-19-20(27)25-22(24-14(3)28)26-21(19)30-11-15-8-6-5-7-9-15/h5-9,12,16-18,29H,2,4,10-11H2,1,3H3,(H,24,25,26,28)/q-1/t16-,17-,18-/m0/s1. The Morgan fingerprint density at radius 1 is 1.35 bits per heavy atom. The minimum atomic E-state index is -0.266. The van der Waals surface area contributed by atoms with Crippen LogP contribution in [0.5, 0.6) is 5.88 Å². The van der Waals surface area contributed by atoms with Crippen molar-refractivity contribution in [2.45, 2.75) is 44.9 Å². The number of anilines is 1. The van der Waals surface area contributed by atoms with Crippen molar-refractivity contribution in [3.63, 3.8) is 0 Å². The van der Waals surface area contributed by atoms with Crippen LogP contribution in [0.4, 0.5) is 5.95 Å². The molecule has 161 valence electrons. The Morgan fingerprint density at radius 2 is 2.13 bits per heavy atom. The summed E-state index contributed by atoms with van der Waals surface area (Å²) in [5, 5.41) is 2.65. The lowest BCUT2D eigenvalue weighted by molar-refractivity contribution is -0.114. The quantitative estimate of drug-likeness (QED) is 0.436. The van der Waals surface area contributed by atoms with Gasteiger partial charge in [-0.05, 0) is 11.5 Å². The molecule has 8 nitrogen and oxygen atoms in total. The fourth-order valence-corrected chi connectivity index (χ4v) is 5.16. The number of nitrogens with one attached hydrogen (secondary N) is 1. The molecule has 1 saturated carbocycles. The van der Waals surface area contributed by atoms with Gasteiger partial charge in [0, 0.05) is 6.92 Å². The van der Waals surface area contributed by atoms with Gasteiger partial charge in [-0.2, -0.15) is 15.5 Å². The Hall–Kier alpha value is -3.04. The number of aromatic nitrogens is 4. The Bertz CT molecular complexity index is 1100. The van der Waals surface area contributed by atoms with Crippen molar-refractivity contribution >= 4 is 32.8 Å². The molecular weight excluding hydrogens is 410 g/mol. The molecule has 4 rings (SSSR count). The van der Waals surface area contributed by atoms with E-state index in [4.69, 9.17) is 4.74 Å². The van der Waals surface area contributed by atoms with Gasteiger partial charge in [0.2, 0.25) is 17.7 Å². The average molecular weight is 436 g/mol. The highest BCUT2D eigenvalue weighted by atomic mass is 28.2. The zero-order valence-corrected chi connectivity index (χ0v) is 18.6. The summed E-state index contributed by atoms with van der Waals surface area (Å²) in [6.07, 6.45) is 3.42. The van der Waals surface area contributed by atoms with Gasteiger partial charge in [-0.15, -0.1) is 0 Å². The van der Waals surface area contributed by atoms with Crippen molar-refractivity contribution in [3.05, 3.63) is 54.4 Å². The predicted octanol–water partition coefficient (Wildman–Crippen LogP) is 3.29. The van der Waals surface area contributed by atoms with Crippen LogP contribution in [-0.4, -0.2) is 40.0 Å². The first-order valence-corrected chi connectivity index (χ1v) is 11.3. The third kappa shape index (κ3) is 4.24. The first-order valence-electron chi connectivity index (χ1n) is 10.3. The first-order chi connectivity index (χ1) is 15.0. The number of carbonyl (C=O) groups excluding carboxylic acids is 1. The van der Waals surface area contributed by atoms with Gasteiger partial charge < -0.3 is 14.1 Å². The molecule has 3 atom stereocenters. The van der Waals surface area contributed by atoms with Crippen LogP contribution in [0.3, 0.4) is 0 Å². The summed E-state index contributed by atoms with van der Waals surface area (Å²) >= 11 is 0. The summed E-state index contributed by atoms with van der Waals surface area (Å²) in [5.74, 6) is 0.474. The van der Waals surface area contributed by atoms with E-state index in [1.807, 2.05) is 34.9 Å². The highest BCUT2D eigenvalue weighted by Gasteiger charge is 2.33. The van der Waals surface area contributed by atoms with Crippen LogP contribution in [-0.2, 0) is 11.4 Å². The van der Waals surface area contributed by atoms with Crippen molar-refractivity contribution in [2.75, 3.05) is 5.32 Å². The van der Waals surface area contributed by atoms with Crippen LogP contribution in [0, 0.1) is 5.92 Å². The molecule has 0 aliphatic heterocycles. The molecule has 2 N–H and O–H groups in total. The third-order valence-electron chi connectivity index (χ3n) is 5.70. The summed E-state index contributed by atoms with van der Waals surface area (Å²) in [6, 6.07) is 9.74. The molecule has 31 heavy (non-hydrogen) atoms. The molecule has 9 heteroatoms. The van der Waals surface area contributed by atoms with Gasteiger partial charge in [-0.1, -0.05) is 62.2 Å². The second kappa shape index (κ2) is 8.99. The smallest absolute Gasteiger partial charge is 0.247 e. The van der Waals surface area contributed by atoms with Gasteiger partial charge >= 0.3 is 0 Å². The van der Waals surface area contributed by atoms with Crippen molar-refractivity contribution in [1.82, 2.24) is 19.5 Å². The number of imidazole rings is 1.